The van der Waals surface area contributed by atoms with Gasteiger partial charge in [0, 0.05) is 25.5 Å². The van der Waals surface area contributed by atoms with Gasteiger partial charge in [-0.1, -0.05) is 12.1 Å². The number of carbonyl (C=O) groups excluding carboxylic acids is 1. The number of methoxy groups -OCH3 is 2. The zero-order valence-electron chi connectivity index (χ0n) is 15.3. The highest BCUT2D eigenvalue weighted by atomic mass is 16.5. The summed E-state index contributed by atoms with van der Waals surface area (Å²) in [6, 6.07) is 9.83. The third-order valence-corrected chi connectivity index (χ3v) is 4.72. The molecule has 1 aromatic heterocycles. The molecule has 138 valence electrons. The Kier molecular flexibility index (Phi) is 5.94. The summed E-state index contributed by atoms with van der Waals surface area (Å²) in [7, 11) is 3.24. The standard InChI is InChI=1S/C20H25N3O3/c1-25-18-8-7-16(13-19(18)26-2)17-6-4-12-23(17)20(24)22-11-9-15-5-3-10-21-14-15/h3,5,7-8,10,13-14,17H,4,6,9,11-12H2,1-2H3,(H,22,24). The van der Waals surface area contributed by atoms with Crippen molar-refractivity contribution in [3.05, 3.63) is 53.9 Å². The minimum Gasteiger partial charge on any atom is -0.493 e. The molecule has 1 saturated heterocycles. The van der Waals surface area contributed by atoms with E-state index in [2.05, 4.69) is 10.3 Å². The highest BCUT2D eigenvalue weighted by Crippen LogP contribution is 2.36. The average molecular weight is 355 g/mol. The van der Waals surface area contributed by atoms with Crippen molar-refractivity contribution in [3.63, 3.8) is 0 Å². The zero-order chi connectivity index (χ0) is 18.4. The quantitative estimate of drug-likeness (QED) is 0.864. The van der Waals surface area contributed by atoms with Gasteiger partial charge in [-0.3, -0.25) is 4.98 Å². The van der Waals surface area contributed by atoms with E-state index in [0.717, 1.165) is 36.9 Å². The van der Waals surface area contributed by atoms with Crippen LogP contribution in [0.3, 0.4) is 0 Å². The van der Waals surface area contributed by atoms with Crippen molar-refractivity contribution >= 4 is 6.03 Å². The third kappa shape index (κ3) is 4.07. The van der Waals surface area contributed by atoms with Gasteiger partial charge in [0.05, 0.1) is 20.3 Å². The summed E-state index contributed by atoms with van der Waals surface area (Å²) < 4.78 is 10.7. The van der Waals surface area contributed by atoms with Crippen LogP contribution in [0.4, 0.5) is 4.79 Å². The van der Waals surface area contributed by atoms with Crippen LogP contribution in [0.2, 0.25) is 0 Å². The van der Waals surface area contributed by atoms with Gasteiger partial charge in [-0.2, -0.15) is 0 Å². The first kappa shape index (κ1) is 18.0. The number of nitrogens with one attached hydrogen (secondary N) is 1. The van der Waals surface area contributed by atoms with Gasteiger partial charge >= 0.3 is 6.03 Å². The molecule has 2 amide bonds. The Morgan fingerprint density at radius 3 is 2.85 bits per heavy atom. The molecular weight excluding hydrogens is 330 g/mol. The SMILES string of the molecule is COc1ccc(C2CCCN2C(=O)NCCc2cccnc2)cc1OC. The maximum absolute atomic E-state index is 12.6. The van der Waals surface area contributed by atoms with Gasteiger partial charge in [-0.05, 0) is 48.6 Å². The number of urea groups is 1. The summed E-state index contributed by atoms with van der Waals surface area (Å²) in [6.45, 7) is 1.36. The number of aromatic nitrogens is 1. The molecule has 0 radical (unpaired) electrons. The lowest BCUT2D eigenvalue weighted by Gasteiger charge is -2.26. The number of hydrogen-bond donors (Lipinski definition) is 1. The van der Waals surface area contributed by atoms with Gasteiger partial charge in [-0.15, -0.1) is 0 Å². The van der Waals surface area contributed by atoms with E-state index >= 15 is 0 Å². The van der Waals surface area contributed by atoms with Crippen LogP contribution in [-0.4, -0.2) is 43.2 Å². The number of carbonyl (C=O) groups is 1. The maximum Gasteiger partial charge on any atom is 0.317 e. The number of pyridine rings is 1. The molecule has 0 spiro atoms. The molecule has 0 aliphatic carbocycles. The molecule has 6 nitrogen and oxygen atoms in total. The van der Waals surface area contributed by atoms with Crippen molar-refractivity contribution in [1.29, 1.82) is 0 Å². The number of amides is 2. The highest BCUT2D eigenvalue weighted by Gasteiger charge is 2.30. The van der Waals surface area contributed by atoms with Crippen LogP contribution in [0.1, 0.15) is 30.0 Å². The molecule has 1 aliphatic heterocycles. The molecule has 2 heterocycles. The van der Waals surface area contributed by atoms with E-state index in [1.807, 2.05) is 41.4 Å². The van der Waals surface area contributed by atoms with E-state index in [1.165, 1.54) is 0 Å². The number of ether oxygens (including phenoxy) is 2. The summed E-state index contributed by atoms with van der Waals surface area (Å²) in [5, 5.41) is 3.03. The topological polar surface area (TPSA) is 63.7 Å². The van der Waals surface area contributed by atoms with Crippen LogP contribution >= 0.6 is 0 Å². The molecule has 0 saturated carbocycles. The van der Waals surface area contributed by atoms with Gasteiger partial charge in [0.25, 0.3) is 0 Å². The van der Waals surface area contributed by atoms with E-state index in [9.17, 15) is 4.79 Å². The van der Waals surface area contributed by atoms with E-state index < -0.39 is 0 Å². The van der Waals surface area contributed by atoms with Crippen molar-refractivity contribution in [2.45, 2.75) is 25.3 Å². The average Bonchev–Trinajstić information content (AvgIpc) is 3.18. The lowest BCUT2D eigenvalue weighted by molar-refractivity contribution is 0.193. The maximum atomic E-state index is 12.6. The van der Waals surface area contributed by atoms with Crippen molar-refractivity contribution in [2.75, 3.05) is 27.3 Å². The lowest BCUT2D eigenvalue weighted by Crippen LogP contribution is -2.40. The number of rotatable bonds is 6. The zero-order valence-corrected chi connectivity index (χ0v) is 15.3. The smallest absolute Gasteiger partial charge is 0.317 e. The second-order valence-electron chi connectivity index (χ2n) is 6.31. The minimum atomic E-state index is -0.0221. The predicted molar refractivity (Wildman–Crippen MR) is 99.6 cm³/mol. The normalized spacial score (nSPS) is 16.4. The Morgan fingerprint density at radius 2 is 2.12 bits per heavy atom. The van der Waals surface area contributed by atoms with E-state index in [1.54, 1.807) is 20.4 Å². The first-order chi connectivity index (χ1) is 12.7. The number of nitrogens with zero attached hydrogens (tertiary/aromatic N) is 2. The molecule has 2 aromatic rings. The van der Waals surface area contributed by atoms with Gasteiger partial charge in [0.2, 0.25) is 0 Å². The Labute approximate surface area is 154 Å². The molecule has 26 heavy (non-hydrogen) atoms. The molecule has 1 atom stereocenters. The van der Waals surface area contributed by atoms with Crippen LogP contribution in [0, 0.1) is 0 Å². The number of benzene rings is 1. The predicted octanol–water partition coefficient (Wildman–Crippen LogP) is 3.19. The molecule has 6 heteroatoms. The summed E-state index contributed by atoms with van der Waals surface area (Å²) in [5.41, 5.74) is 2.19. The fraction of sp³-hybridized carbons (Fsp3) is 0.400. The summed E-state index contributed by atoms with van der Waals surface area (Å²) in [6.07, 6.45) is 6.30. The Bertz CT molecular complexity index is 736. The van der Waals surface area contributed by atoms with Gasteiger partial charge in [-0.25, -0.2) is 4.79 Å². The molecule has 1 aliphatic rings. The Balaban J connectivity index is 1.63. The van der Waals surface area contributed by atoms with E-state index in [4.69, 9.17) is 9.47 Å². The lowest BCUT2D eigenvalue weighted by atomic mass is 10.0. The summed E-state index contributed by atoms with van der Waals surface area (Å²) in [4.78, 5) is 18.6. The van der Waals surface area contributed by atoms with Crippen molar-refractivity contribution in [1.82, 2.24) is 15.2 Å². The molecular formula is C20H25N3O3. The van der Waals surface area contributed by atoms with Crippen LogP contribution in [0.25, 0.3) is 0 Å². The Morgan fingerprint density at radius 1 is 1.27 bits per heavy atom. The first-order valence-electron chi connectivity index (χ1n) is 8.88. The molecule has 1 aromatic carbocycles. The van der Waals surface area contributed by atoms with Gasteiger partial charge in [0.1, 0.15) is 0 Å². The number of likely N-dealkylation sites (tertiary alicyclic amines) is 1. The molecule has 1 N–H and O–H groups in total. The second-order valence-corrected chi connectivity index (χ2v) is 6.31. The van der Waals surface area contributed by atoms with E-state index in [0.29, 0.717) is 18.0 Å². The minimum absolute atomic E-state index is 0.0221. The van der Waals surface area contributed by atoms with Crippen molar-refractivity contribution < 1.29 is 14.3 Å². The largest absolute Gasteiger partial charge is 0.493 e. The number of hydrogen-bond acceptors (Lipinski definition) is 4. The van der Waals surface area contributed by atoms with Crippen LogP contribution in [0.15, 0.2) is 42.7 Å². The summed E-state index contributed by atoms with van der Waals surface area (Å²) >= 11 is 0. The fourth-order valence-corrected chi connectivity index (χ4v) is 3.38. The molecule has 1 fully saturated rings. The van der Waals surface area contributed by atoms with Crippen molar-refractivity contribution in [2.24, 2.45) is 0 Å². The fourth-order valence-electron chi connectivity index (χ4n) is 3.38. The molecule has 1 unspecified atom stereocenters. The van der Waals surface area contributed by atoms with Crippen LogP contribution < -0.4 is 14.8 Å². The van der Waals surface area contributed by atoms with E-state index in [-0.39, 0.29) is 12.1 Å². The monoisotopic (exact) mass is 355 g/mol. The first-order valence-corrected chi connectivity index (χ1v) is 8.88. The van der Waals surface area contributed by atoms with Crippen molar-refractivity contribution in [3.8, 4) is 11.5 Å². The second kappa shape index (κ2) is 8.56. The molecule has 3 rings (SSSR count). The highest BCUT2D eigenvalue weighted by molar-refractivity contribution is 5.75. The van der Waals surface area contributed by atoms with Crippen LogP contribution in [0.5, 0.6) is 11.5 Å². The van der Waals surface area contributed by atoms with Gasteiger partial charge < -0.3 is 19.7 Å². The third-order valence-electron chi connectivity index (χ3n) is 4.72. The van der Waals surface area contributed by atoms with Crippen LogP contribution in [-0.2, 0) is 6.42 Å². The van der Waals surface area contributed by atoms with Gasteiger partial charge in [0.15, 0.2) is 11.5 Å². The summed E-state index contributed by atoms with van der Waals surface area (Å²) in [5.74, 6) is 1.38. The Hall–Kier alpha value is -2.76. The molecule has 0 bridgehead atoms.